The van der Waals surface area contributed by atoms with Crippen molar-refractivity contribution in [1.29, 1.82) is 5.26 Å². The van der Waals surface area contributed by atoms with Gasteiger partial charge in [0.25, 0.3) is 0 Å². The third-order valence-electron chi connectivity index (χ3n) is 6.02. The van der Waals surface area contributed by atoms with Crippen molar-refractivity contribution in [1.82, 2.24) is 9.55 Å². The van der Waals surface area contributed by atoms with Gasteiger partial charge < -0.3 is 19.7 Å². The maximum Gasteiger partial charge on any atom is 0.341 e. The standard InChI is InChI=1S/C25H28N4O3/c1-16-10-19(13-25(2,3)12-16)29-22-9-8-20(32-15-23(30)31)11-21(22)28-24(29)27-18-6-4-17(14-26)5-7-18/h4-9,11,16,19H,10,12-13,15H2,1-3H3,(H,27,28)(H,30,31)/t16-,19-/m0/s1. The first-order chi connectivity index (χ1) is 15.2. The van der Waals surface area contributed by atoms with Crippen molar-refractivity contribution in [2.24, 2.45) is 11.3 Å². The van der Waals surface area contributed by atoms with Gasteiger partial charge in [0.1, 0.15) is 5.75 Å². The molecule has 7 heteroatoms. The number of hydrogen-bond acceptors (Lipinski definition) is 5. The van der Waals surface area contributed by atoms with Gasteiger partial charge in [0.2, 0.25) is 5.95 Å². The summed E-state index contributed by atoms with van der Waals surface area (Å²) in [5.41, 5.74) is 3.42. The van der Waals surface area contributed by atoms with E-state index in [1.165, 1.54) is 6.42 Å². The maximum absolute atomic E-state index is 10.9. The molecule has 4 rings (SSSR count). The second kappa shape index (κ2) is 8.54. The maximum atomic E-state index is 10.9. The number of rotatable bonds is 6. The molecule has 1 aliphatic carbocycles. The largest absolute Gasteiger partial charge is 0.482 e. The molecule has 0 unspecified atom stereocenters. The Hall–Kier alpha value is -3.53. The number of anilines is 2. The first-order valence-electron chi connectivity index (χ1n) is 10.9. The van der Waals surface area contributed by atoms with Crippen molar-refractivity contribution in [3.05, 3.63) is 48.0 Å². The summed E-state index contributed by atoms with van der Waals surface area (Å²) in [5, 5.41) is 21.4. The fourth-order valence-electron chi connectivity index (χ4n) is 5.02. The molecule has 1 saturated carbocycles. The fraction of sp³-hybridized carbons (Fsp3) is 0.400. The van der Waals surface area contributed by atoms with Crippen LogP contribution in [0.25, 0.3) is 11.0 Å². The molecule has 1 aliphatic rings. The highest BCUT2D eigenvalue weighted by Crippen LogP contribution is 2.46. The van der Waals surface area contributed by atoms with Crippen molar-refractivity contribution in [2.45, 2.75) is 46.1 Å². The van der Waals surface area contributed by atoms with Crippen LogP contribution >= 0.6 is 0 Å². The second-order valence-electron chi connectivity index (χ2n) is 9.52. The van der Waals surface area contributed by atoms with Gasteiger partial charge in [-0.3, -0.25) is 0 Å². The number of imidazole rings is 1. The molecule has 1 heterocycles. The molecule has 0 amide bonds. The van der Waals surface area contributed by atoms with E-state index in [2.05, 4.69) is 36.7 Å². The number of nitriles is 1. The molecule has 3 aromatic rings. The number of carbonyl (C=O) groups is 1. The summed E-state index contributed by atoms with van der Waals surface area (Å²) < 4.78 is 7.63. The zero-order valence-electron chi connectivity index (χ0n) is 18.6. The van der Waals surface area contributed by atoms with E-state index in [9.17, 15) is 4.79 Å². The Morgan fingerprint density at radius 1 is 1.28 bits per heavy atom. The van der Waals surface area contributed by atoms with Gasteiger partial charge in [-0.15, -0.1) is 0 Å². The minimum Gasteiger partial charge on any atom is -0.482 e. The van der Waals surface area contributed by atoms with Gasteiger partial charge in [0.15, 0.2) is 6.61 Å². The van der Waals surface area contributed by atoms with Crippen LogP contribution in [-0.4, -0.2) is 27.2 Å². The minimum absolute atomic E-state index is 0.231. The van der Waals surface area contributed by atoms with E-state index in [-0.39, 0.29) is 11.5 Å². The van der Waals surface area contributed by atoms with Crippen molar-refractivity contribution in [2.75, 3.05) is 11.9 Å². The number of nitrogens with one attached hydrogen (secondary N) is 1. The lowest BCUT2D eigenvalue weighted by molar-refractivity contribution is -0.139. The number of aromatic nitrogens is 2. The summed E-state index contributed by atoms with van der Waals surface area (Å²) in [7, 11) is 0. The normalized spacial score (nSPS) is 19.9. The van der Waals surface area contributed by atoms with Gasteiger partial charge in [-0.1, -0.05) is 20.8 Å². The van der Waals surface area contributed by atoms with Crippen molar-refractivity contribution < 1.29 is 14.6 Å². The molecule has 2 atom stereocenters. The number of benzene rings is 2. The molecule has 1 fully saturated rings. The van der Waals surface area contributed by atoms with Crippen LogP contribution < -0.4 is 10.1 Å². The lowest BCUT2D eigenvalue weighted by Gasteiger charge is -2.40. The number of nitrogens with zero attached hydrogens (tertiary/aromatic N) is 3. The lowest BCUT2D eigenvalue weighted by Crippen LogP contribution is -2.29. The number of fused-ring (bicyclic) bond motifs is 1. The Labute approximate surface area is 187 Å². The van der Waals surface area contributed by atoms with Crippen LogP contribution in [-0.2, 0) is 4.79 Å². The highest BCUT2D eigenvalue weighted by atomic mass is 16.5. The summed E-state index contributed by atoms with van der Waals surface area (Å²) in [6.07, 6.45) is 3.30. The third kappa shape index (κ3) is 4.70. The van der Waals surface area contributed by atoms with E-state index in [0.717, 1.165) is 35.5 Å². The molecule has 2 aromatic carbocycles. The van der Waals surface area contributed by atoms with Gasteiger partial charge in [-0.2, -0.15) is 5.26 Å². The molecule has 32 heavy (non-hydrogen) atoms. The molecule has 1 aromatic heterocycles. The van der Waals surface area contributed by atoms with Crippen LogP contribution in [0.15, 0.2) is 42.5 Å². The average molecular weight is 433 g/mol. The number of ether oxygens (including phenoxy) is 1. The number of hydrogen-bond donors (Lipinski definition) is 2. The number of carboxylic acids is 1. The van der Waals surface area contributed by atoms with E-state index >= 15 is 0 Å². The van der Waals surface area contributed by atoms with Gasteiger partial charge >= 0.3 is 5.97 Å². The second-order valence-corrected chi connectivity index (χ2v) is 9.52. The monoisotopic (exact) mass is 432 g/mol. The van der Waals surface area contributed by atoms with E-state index in [1.54, 1.807) is 24.3 Å². The zero-order valence-corrected chi connectivity index (χ0v) is 18.6. The van der Waals surface area contributed by atoms with Crippen LogP contribution in [0.1, 0.15) is 51.6 Å². The van der Waals surface area contributed by atoms with Crippen LogP contribution in [0.5, 0.6) is 5.75 Å². The Bertz CT molecular complexity index is 1170. The molecule has 0 bridgehead atoms. The van der Waals surface area contributed by atoms with Crippen LogP contribution in [0.3, 0.4) is 0 Å². The van der Waals surface area contributed by atoms with Crippen molar-refractivity contribution in [3.63, 3.8) is 0 Å². The molecular formula is C25H28N4O3. The number of carboxylic acid groups (broad SMARTS) is 1. The van der Waals surface area contributed by atoms with E-state index in [4.69, 9.17) is 20.1 Å². The van der Waals surface area contributed by atoms with Crippen LogP contribution in [0.4, 0.5) is 11.6 Å². The topological polar surface area (TPSA) is 100 Å². The van der Waals surface area contributed by atoms with Crippen LogP contribution in [0, 0.1) is 22.7 Å². The smallest absolute Gasteiger partial charge is 0.341 e. The Morgan fingerprint density at radius 3 is 2.69 bits per heavy atom. The predicted molar refractivity (Wildman–Crippen MR) is 123 cm³/mol. The van der Waals surface area contributed by atoms with E-state index in [0.29, 0.717) is 17.2 Å². The van der Waals surface area contributed by atoms with Crippen molar-refractivity contribution in [3.8, 4) is 11.8 Å². The summed E-state index contributed by atoms with van der Waals surface area (Å²) in [4.78, 5) is 15.7. The Morgan fingerprint density at radius 2 is 2.03 bits per heavy atom. The fourth-order valence-corrected chi connectivity index (χ4v) is 5.02. The molecule has 2 N–H and O–H groups in total. The van der Waals surface area contributed by atoms with Gasteiger partial charge in [0, 0.05) is 17.8 Å². The Kier molecular flexibility index (Phi) is 5.79. The Balaban J connectivity index is 1.75. The summed E-state index contributed by atoms with van der Waals surface area (Å²) in [5.74, 6) is 0.793. The molecule has 7 nitrogen and oxygen atoms in total. The summed E-state index contributed by atoms with van der Waals surface area (Å²) >= 11 is 0. The average Bonchev–Trinajstić information content (AvgIpc) is 3.08. The highest BCUT2D eigenvalue weighted by Gasteiger charge is 2.34. The van der Waals surface area contributed by atoms with Gasteiger partial charge in [-0.25, -0.2) is 9.78 Å². The lowest BCUT2D eigenvalue weighted by atomic mass is 9.70. The molecule has 0 saturated heterocycles. The van der Waals surface area contributed by atoms with Gasteiger partial charge in [-0.05, 0) is 67.0 Å². The SMILES string of the molecule is C[C@H]1C[C@H](n2c(Nc3ccc(C#N)cc3)nc3cc(OCC(=O)O)ccc32)CC(C)(C)C1. The van der Waals surface area contributed by atoms with Gasteiger partial charge in [0.05, 0.1) is 22.7 Å². The molecular weight excluding hydrogens is 404 g/mol. The highest BCUT2D eigenvalue weighted by molar-refractivity contribution is 5.81. The first-order valence-corrected chi connectivity index (χ1v) is 10.9. The third-order valence-corrected chi connectivity index (χ3v) is 6.02. The van der Waals surface area contributed by atoms with Crippen molar-refractivity contribution >= 4 is 28.6 Å². The molecule has 0 radical (unpaired) electrons. The predicted octanol–water partition coefficient (Wildman–Crippen LogP) is 5.50. The van der Waals surface area contributed by atoms with E-state index < -0.39 is 12.6 Å². The molecule has 0 spiro atoms. The van der Waals surface area contributed by atoms with E-state index in [1.807, 2.05) is 18.2 Å². The molecule has 0 aliphatic heterocycles. The summed E-state index contributed by atoms with van der Waals surface area (Å²) in [6, 6.07) is 15.3. The number of aliphatic carboxylic acids is 1. The quantitative estimate of drug-likeness (QED) is 0.533. The first kappa shape index (κ1) is 21.7. The molecule has 166 valence electrons. The minimum atomic E-state index is -1.02. The zero-order chi connectivity index (χ0) is 22.9. The summed E-state index contributed by atoms with van der Waals surface area (Å²) in [6.45, 7) is 6.55. The van der Waals surface area contributed by atoms with Crippen LogP contribution in [0.2, 0.25) is 0 Å².